The number of rotatable bonds is 4. The Morgan fingerprint density at radius 2 is 1.80 bits per heavy atom. The third-order valence-electron chi connectivity index (χ3n) is 5.96. The van der Waals surface area contributed by atoms with E-state index in [1.54, 1.807) is 48.8 Å². The van der Waals surface area contributed by atoms with E-state index in [2.05, 4.69) is 59.8 Å². The Hall–Kier alpha value is -3.08. The number of benzene rings is 2. The van der Waals surface area contributed by atoms with E-state index in [1.165, 1.54) is 17.3 Å². The van der Waals surface area contributed by atoms with Gasteiger partial charge in [-0.1, -0.05) is 35.4 Å². The van der Waals surface area contributed by atoms with E-state index in [1.807, 2.05) is 3.96 Å². The number of fused-ring (bicyclic) bond motifs is 3. The number of hydrogen-bond donors (Lipinski definition) is 2. The maximum Gasteiger partial charge on any atom is 0.264 e. The first-order valence-corrected chi connectivity index (χ1v) is 13.7. The second kappa shape index (κ2) is 8.25. The topological polar surface area (TPSA) is 88.9 Å². The van der Waals surface area contributed by atoms with Crippen LogP contribution in [-0.2, 0) is 15.6 Å². The average molecular weight is 524 g/mol. The van der Waals surface area contributed by atoms with Crippen molar-refractivity contribution in [3.63, 3.8) is 0 Å². The number of nitrogens with zero attached hydrogens (tertiary/aromatic N) is 3. The van der Waals surface area contributed by atoms with Crippen LogP contribution in [0.2, 0.25) is 0 Å². The molecule has 0 radical (unpaired) electrons. The maximum atomic E-state index is 12.8. The molecule has 0 aliphatic carbocycles. The fraction of sp³-hybridized carbons (Fsp3) is 0.240. The van der Waals surface area contributed by atoms with Gasteiger partial charge in [0.2, 0.25) is 5.95 Å². The van der Waals surface area contributed by atoms with Crippen molar-refractivity contribution in [2.45, 2.75) is 45.1 Å². The highest BCUT2D eigenvalue weighted by Gasteiger charge is 2.35. The van der Waals surface area contributed by atoms with Crippen molar-refractivity contribution in [1.29, 1.82) is 0 Å². The first-order chi connectivity index (χ1) is 16.5. The Balaban J connectivity index is 1.55. The number of hydrogen-bond acceptors (Lipinski definition) is 7. The molecule has 0 unspecified atom stereocenters. The predicted octanol–water partition coefficient (Wildman–Crippen LogP) is 6.11. The summed E-state index contributed by atoms with van der Waals surface area (Å²) in [5.74, 6) is 0.0428. The van der Waals surface area contributed by atoms with Crippen LogP contribution in [0, 0.1) is 25.4 Å². The van der Waals surface area contributed by atoms with Gasteiger partial charge in [-0.3, -0.25) is 3.96 Å². The molecule has 2 aromatic carbocycles. The van der Waals surface area contributed by atoms with Crippen LogP contribution in [0.25, 0.3) is 16.8 Å². The summed E-state index contributed by atoms with van der Waals surface area (Å²) in [5, 5.41) is 3.69. The third kappa shape index (κ3) is 4.15. The Labute approximate surface area is 214 Å². The van der Waals surface area contributed by atoms with Crippen LogP contribution in [-0.4, -0.2) is 22.3 Å². The Morgan fingerprint density at radius 3 is 2.49 bits per heavy atom. The molecule has 2 aromatic heterocycles. The van der Waals surface area contributed by atoms with E-state index in [0.29, 0.717) is 10.3 Å². The minimum Gasteiger partial charge on any atom is -0.374 e. The van der Waals surface area contributed by atoms with Gasteiger partial charge in [0.05, 0.1) is 21.0 Å². The molecule has 1 aliphatic heterocycles. The lowest BCUT2D eigenvalue weighted by molar-refractivity contribution is 0.600. The van der Waals surface area contributed by atoms with Crippen molar-refractivity contribution in [2.24, 2.45) is 0 Å². The van der Waals surface area contributed by atoms with E-state index in [9.17, 15) is 8.42 Å². The zero-order chi connectivity index (χ0) is 25.1. The van der Waals surface area contributed by atoms with Crippen molar-refractivity contribution in [2.75, 3.05) is 10.0 Å². The van der Waals surface area contributed by atoms with Gasteiger partial charge < -0.3 is 5.32 Å². The lowest BCUT2D eigenvalue weighted by Gasteiger charge is -2.34. The van der Waals surface area contributed by atoms with E-state index < -0.39 is 10.0 Å². The first kappa shape index (κ1) is 23.7. The second-order valence-corrected chi connectivity index (χ2v) is 12.3. The van der Waals surface area contributed by atoms with E-state index in [-0.39, 0.29) is 16.4 Å². The molecule has 35 heavy (non-hydrogen) atoms. The highest BCUT2D eigenvalue weighted by atomic mass is 32.2. The van der Waals surface area contributed by atoms with Crippen molar-refractivity contribution in [1.82, 2.24) is 13.9 Å². The molecule has 7 nitrogen and oxygen atoms in total. The second-order valence-electron chi connectivity index (χ2n) is 9.27. The SMILES string of the molecule is Cc1cc(C)c2c(c1)-c1c(sn(-c3ccc(S(=O)(=O)Nc4nccc(C)n4)cc3)c1=S)C(C)(C)N2. The Kier molecular flexibility index (Phi) is 5.58. The summed E-state index contributed by atoms with van der Waals surface area (Å²) in [7, 11) is -3.83. The number of sulfonamides is 1. The van der Waals surface area contributed by atoms with Gasteiger partial charge in [0.25, 0.3) is 10.0 Å². The molecule has 0 saturated heterocycles. The molecule has 1 aliphatic rings. The number of nitrogens with one attached hydrogen (secondary N) is 2. The lowest BCUT2D eigenvalue weighted by Crippen LogP contribution is -2.31. The molecular formula is C25H25N5O2S3. The van der Waals surface area contributed by atoms with Crippen LogP contribution < -0.4 is 10.0 Å². The number of anilines is 2. The first-order valence-electron chi connectivity index (χ1n) is 11.1. The highest BCUT2D eigenvalue weighted by molar-refractivity contribution is 7.92. The quantitative estimate of drug-likeness (QED) is 0.314. The molecule has 0 atom stereocenters. The summed E-state index contributed by atoms with van der Waals surface area (Å²) in [4.78, 5) is 9.37. The van der Waals surface area contributed by atoms with Crippen LogP contribution >= 0.6 is 23.8 Å². The molecule has 5 rings (SSSR count). The van der Waals surface area contributed by atoms with Crippen molar-refractivity contribution in [3.05, 3.63) is 75.0 Å². The van der Waals surface area contributed by atoms with E-state index >= 15 is 0 Å². The molecule has 3 heterocycles. The van der Waals surface area contributed by atoms with Crippen LogP contribution in [0.1, 0.15) is 35.5 Å². The van der Waals surface area contributed by atoms with Crippen LogP contribution in [0.15, 0.2) is 53.6 Å². The molecule has 0 spiro atoms. The van der Waals surface area contributed by atoms with Crippen molar-refractivity contribution >= 4 is 45.4 Å². The molecular weight excluding hydrogens is 499 g/mol. The minimum atomic E-state index is -3.83. The normalized spacial score (nSPS) is 14.1. The summed E-state index contributed by atoms with van der Waals surface area (Å²) >= 11 is 7.54. The minimum absolute atomic E-state index is 0.0428. The van der Waals surface area contributed by atoms with Gasteiger partial charge in [0.15, 0.2) is 0 Å². The van der Waals surface area contributed by atoms with E-state index in [4.69, 9.17) is 12.2 Å². The summed E-state index contributed by atoms with van der Waals surface area (Å²) in [6.07, 6.45) is 1.51. The Morgan fingerprint density at radius 1 is 1.09 bits per heavy atom. The molecule has 2 N–H and O–H groups in total. The zero-order valence-electron chi connectivity index (χ0n) is 20.0. The smallest absolute Gasteiger partial charge is 0.264 e. The molecule has 0 saturated carbocycles. The van der Waals surface area contributed by atoms with Gasteiger partial charge in [-0.25, -0.2) is 23.1 Å². The number of aromatic nitrogens is 3. The largest absolute Gasteiger partial charge is 0.374 e. The summed E-state index contributed by atoms with van der Waals surface area (Å²) < 4.78 is 30.8. The van der Waals surface area contributed by atoms with Gasteiger partial charge in [-0.05, 0) is 76.6 Å². The zero-order valence-corrected chi connectivity index (χ0v) is 22.5. The van der Waals surface area contributed by atoms with Gasteiger partial charge in [-0.15, -0.1) is 0 Å². The average Bonchev–Trinajstić information content (AvgIpc) is 3.13. The van der Waals surface area contributed by atoms with Crippen LogP contribution in [0.3, 0.4) is 0 Å². The van der Waals surface area contributed by atoms with Crippen molar-refractivity contribution < 1.29 is 8.42 Å². The van der Waals surface area contributed by atoms with Crippen LogP contribution in [0.5, 0.6) is 0 Å². The molecule has 10 heteroatoms. The standard InChI is InChI=1S/C25H25N5O2S3/c1-14-12-15(2)21-19(13-14)20-22(25(4,5)28-21)34-30(23(20)33)17-6-8-18(9-7-17)35(31,32)29-24-26-11-10-16(3)27-24/h6-13,28H,1-5H3,(H,26,27,29). The summed E-state index contributed by atoms with van der Waals surface area (Å²) in [6.45, 7) is 10.3. The molecule has 0 amide bonds. The lowest BCUT2D eigenvalue weighted by atomic mass is 9.87. The molecule has 4 aromatic rings. The van der Waals surface area contributed by atoms with Crippen LogP contribution in [0.4, 0.5) is 11.6 Å². The molecule has 0 bridgehead atoms. The Bertz CT molecular complexity index is 1630. The van der Waals surface area contributed by atoms with Crippen molar-refractivity contribution in [3.8, 4) is 16.8 Å². The predicted molar refractivity (Wildman–Crippen MR) is 144 cm³/mol. The van der Waals surface area contributed by atoms with Gasteiger partial charge in [0.1, 0.15) is 4.64 Å². The molecule has 0 fully saturated rings. The fourth-order valence-corrected chi connectivity index (χ4v) is 6.95. The van der Waals surface area contributed by atoms with Gasteiger partial charge in [0, 0.05) is 28.7 Å². The van der Waals surface area contributed by atoms with Gasteiger partial charge >= 0.3 is 0 Å². The van der Waals surface area contributed by atoms with E-state index in [0.717, 1.165) is 27.4 Å². The summed E-state index contributed by atoms with van der Waals surface area (Å²) in [6, 6.07) is 12.7. The summed E-state index contributed by atoms with van der Waals surface area (Å²) in [5.41, 5.74) is 6.83. The monoisotopic (exact) mass is 523 g/mol. The highest BCUT2D eigenvalue weighted by Crippen LogP contribution is 2.48. The van der Waals surface area contributed by atoms with Gasteiger partial charge in [-0.2, -0.15) is 0 Å². The molecule has 180 valence electrons. The number of aryl methyl sites for hydroxylation is 3. The fourth-order valence-electron chi connectivity index (χ4n) is 4.35. The maximum absolute atomic E-state index is 12.8. The third-order valence-corrected chi connectivity index (χ3v) is 9.28.